The first-order valence-electron chi connectivity index (χ1n) is 6.67. The fraction of sp³-hybridized carbons (Fsp3) is 0.250. The molecule has 5 heteroatoms. The van der Waals surface area contributed by atoms with Gasteiger partial charge in [-0.3, -0.25) is 0 Å². The summed E-state index contributed by atoms with van der Waals surface area (Å²) in [5.74, 6) is 0.553. The first-order chi connectivity index (χ1) is 10.1. The lowest BCUT2D eigenvalue weighted by Gasteiger charge is -2.19. The van der Waals surface area contributed by atoms with Crippen LogP contribution >= 0.6 is 39.3 Å². The van der Waals surface area contributed by atoms with E-state index < -0.39 is 0 Å². The maximum Gasteiger partial charge on any atom is 0.128 e. The Kier molecular flexibility index (Phi) is 6.55. The molecule has 0 aliphatic rings. The molecule has 1 atom stereocenters. The molecule has 0 aliphatic carbocycles. The van der Waals surface area contributed by atoms with Crippen molar-refractivity contribution in [3.63, 3.8) is 0 Å². The van der Waals surface area contributed by atoms with Crippen LogP contribution in [0.3, 0.4) is 0 Å². The van der Waals surface area contributed by atoms with Crippen molar-refractivity contribution >= 4 is 39.3 Å². The lowest BCUT2D eigenvalue weighted by atomic mass is 10.1. The minimum atomic E-state index is -0.184. The van der Waals surface area contributed by atoms with E-state index in [-0.39, 0.29) is 11.9 Å². The summed E-state index contributed by atoms with van der Waals surface area (Å²) in [6.07, 6.45) is 0. The number of rotatable bonds is 6. The van der Waals surface area contributed by atoms with Crippen molar-refractivity contribution in [2.45, 2.75) is 17.9 Å². The van der Waals surface area contributed by atoms with Gasteiger partial charge in [0.15, 0.2) is 0 Å². The second kappa shape index (κ2) is 8.18. The van der Waals surface area contributed by atoms with Crippen molar-refractivity contribution < 1.29 is 4.39 Å². The Hall–Kier alpha value is -0.550. The average Bonchev–Trinajstić information content (AvgIpc) is 2.46. The van der Waals surface area contributed by atoms with Gasteiger partial charge in [0.05, 0.1) is 0 Å². The van der Waals surface area contributed by atoms with Crippen LogP contribution in [0.15, 0.2) is 51.8 Å². The molecular weight excluding hydrogens is 373 g/mol. The minimum Gasteiger partial charge on any atom is -0.309 e. The highest BCUT2D eigenvalue weighted by Gasteiger charge is 2.15. The highest BCUT2D eigenvalue weighted by Crippen LogP contribution is 2.29. The molecule has 2 aromatic carbocycles. The van der Waals surface area contributed by atoms with Gasteiger partial charge in [0.25, 0.3) is 0 Å². The quantitative estimate of drug-likeness (QED) is 0.638. The van der Waals surface area contributed by atoms with Gasteiger partial charge in [-0.15, -0.1) is 11.8 Å². The van der Waals surface area contributed by atoms with Crippen LogP contribution in [0.5, 0.6) is 0 Å². The summed E-state index contributed by atoms with van der Waals surface area (Å²) in [6.45, 7) is 2.81. The van der Waals surface area contributed by atoms with Crippen molar-refractivity contribution in [2.24, 2.45) is 0 Å². The fourth-order valence-electron chi connectivity index (χ4n) is 2.02. The Balaban J connectivity index is 2.13. The summed E-state index contributed by atoms with van der Waals surface area (Å²) in [4.78, 5) is 1.08. The lowest BCUT2D eigenvalue weighted by Crippen LogP contribution is -2.24. The zero-order valence-corrected chi connectivity index (χ0v) is 14.7. The third-order valence-electron chi connectivity index (χ3n) is 3.00. The molecular formula is C16H16BrClFNS. The van der Waals surface area contributed by atoms with Crippen LogP contribution in [0.1, 0.15) is 18.5 Å². The van der Waals surface area contributed by atoms with Crippen LogP contribution in [0.25, 0.3) is 0 Å². The van der Waals surface area contributed by atoms with Crippen LogP contribution in [-0.4, -0.2) is 12.3 Å². The smallest absolute Gasteiger partial charge is 0.128 e. The summed E-state index contributed by atoms with van der Waals surface area (Å²) in [5, 5.41) is 4.05. The van der Waals surface area contributed by atoms with Gasteiger partial charge < -0.3 is 5.32 Å². The molecule has 0 spiro atoms. The maximum absolute atomic E-state index is 14.0. The zero-order chi connectivity index (χ0) is 15.2. The third-order valence-corrected chi connectivity index (χ3v) is 4.81. The van der Waals surface area contributed by atoms with Gasteiger partial charge in [-0.25, -0.2) is 4.39 Å². The normalized spacial score (nSPS) is 12.4. The van der Waals surface area contributed by atoms with Gasteiger partial charge >= 0.3 is 0 Å². The Morgan fingerprint density at radius 3 is 2.81 bits per heavy atom. The topological polar surface area (TPSA) is 12.0 Å². The molecule has 0 aliphatic heterocycles. The van der Waals surface area contributed by atoms with Gasteiger partial charge in [-0.1, -0.05) is 40.5 Å². The van der Waals surface area contributed by atoms with Crippen LogP contribution in [-0.2, 0) is 0 Å². The van der Waals surface area contributed by atoms with Crippen LogP contribution < -0.4 is 5.32 Å². The number of thioether (sulfide) groups is 1. The van der Waals surface area contributed by atoms with E-state index in [2.05, 4.69) is 21.2 Å². The standard InChI is InChI=1S/C16H16BrClFNS/c1-2-20-16(14-8-11(17)6-7-15(14)19)10-21-13-5-3-4-12(18)9-13/h3-9,16,20H,2,10H2,1H3. The number of nitrogens with one attached hydrogen (secondary N) is 1. The Labute approximate surface area is 142 Å². The van der Waals surface area contributed by atoms with E-state index in [0.29, 0.717) is 10.6 Å². The van der Waals surface area contributed by atoms with Gasteiger partial charge in [-0.2, -0.15) is 0 Å². The monoisotopic (exact) mass is 387 g/mol. The van der Waals surface area contributed by atoms with E-state index in [9.17, 15) is 4.39 Å². The number of hydrogen-bond donors (Lipinski definition) is 1. The lowest BCUT2D eigenvalue weighted by molar-refractivity contribution is 0.545. The van der Waals surface area contributed by atoms with E-state index in [4.69, 9.17) is 11.6 Å². The minimum absolute atomic E-state index is 0.0449. The Bertz CT molecular complexity index is 609. The molecule has 2 aromatic rings. The van der Waals surface area contributed by atoms with Crippen LogP contribution in [0.4, 0.5) is 4.39 Å². The SMILES string of the molecule is CCNC(CSc1cccc(Cl)c1)c1cc(Br)ccc1F. The van der Waals surface area contributed by atoms with Crippen molar-refractivity contribution in [1.29, 1.82) is 0 Å². The van der Waals surface area contributed by atoms with Crippen LogP contribution in [0.2, 0.25) is 5.02 Å². The predicted molar refractivity (Wildman–Crippen MR) is 92.7 cm³/mol. The van der Waals surface area contributed by atoms with E-state index in [1.165, 1.54) is 6.07 Å². The summed E-state index contributed by atoms with van der Waals surface area (Å²) in [6, 6.07) is 12.7. The molecule has 21 heavy (non-hydrogen) atoms. The van der Waals surface area contributed by atoms with Gasteiger partial charge in [0.1, 0.15) is 5.82 Å². The molecule has 0 saturated heterocycles. The molecule has 0 aromatic heterocycles. The fourth-order valence-corrected chi connectivity index (χ4v) is 3.70. The molecule has 0 radical (unpaired) electrons. The predicted octanol–water partition coefficient (Wildman–Crippen LogP) is 5.68. The van der Waals surface area contributed by atoms with Crippen molar-refractivity contribution in [2.75, 3.05) is 12.3 Å². The average molecular weight is 389 g/mol. The molecule has 0 bridgehead atoms. The Morgan fingerprint density at radius 1 is 1.29 bits per heavy atom. The van der Waals surface area contributed by atoms with E-state index in [0.717, 1.165) is 21.7 Å². The van der Waals surface area contributed by atoms with E-state index >= 15 is 0 Å². The molecule has 1 unspecified atom stereocenters. The largest absolute Gasteiger partial charge is 0.309 e. The maximum atomic E-state index is 14.0. The Morgan fingerprint density at radius 2 is 2.10 bits per heavy atom. The first kappa shape index (κ1) is 16.8. The second-order valence-electron chi connectivity index (χ2n) is 4.54. The van der Waals surface area contributed by atoms with Gasteiger partial charge in [0, 0.05) is 31.7 Å². The molecule has 0 amide bonds. The zero-order valence-electron chi connectivity index (χ0n) is 11.6. The van der Waals surface area contributed by atoms with E-state index in [1.807, 2.05) is 37.3 Å². The van der Waals surface area contributed by atoms with Crippen molar-refractivity contribution in [3.05, 3.63) is 63.3 Å². The first-order valence-corrected chi connectivity index (χ1v) is 8.82. The highest BCUT2D eigenvalue weighted by molar-refractivity contribution is 9.10. The summed E-state index contributed by atoms with van der Waals surface area (Å²) >= 11 is 11.1. The molecule has 1 N–H and O–H groups in total. The number of benzene rings is 2. The number of halogens is 3. The second-order valence-corrected chi connectivity index (χ2v) is 6.99. The molecule has 1 nitrogen and oxygen atoms in total. The molecule has 0 fully saturated rings. The molecule has 0 heterocycles. The molecule has 0 saturated carbocycles. The summed E-state index contributed by atoms with van der Waals surface area (Å²) in [5.41, 5.74) is 0.681. The number of hydrogen-bond acceptors (Lipinski definition) is 2. The van der Waals surface area contributed by atoms with E-state index in [1.54, 1.807) is 17.8 Å². The molecule has 2 rings (SSSR count). The highest BCUT2D eigenvalue weighted by atomic mass is 79.9. The van der Waals surface area contributed by atoms with Gasteiger partial charge in [-0.05, 0) is 42.9 Å². The molecule has 112 valence electrons. The third kappa shape index (κ3) is 4.99. The van der Waals surface area contributed by atoms with Crippen molar-refractivity contribution in [3.8, 4) is 0 Å². The van der Waals surface area contributed by atoms with Gasteiger partial charge in [0.2, 0.25) is 0 Å². The summed E-state index contributed by atoms with van der Waals surface area (Å²) < 4.78 is 14.9. The van der Waals surface area contributed by atoms with Crippen LogP contribution in [0, 0.1) is 5.82 Å². The summed E-state index contributed by atoms with van der Waals surface area (Å²) in [7, 11) is 0. The van der Waals surface area contributed by atoms with Crippen molar-refractivity contribution in [1.82, 2.24) is 5.32 Å².